The Morgan fingerprint density at radius 2 is 2.00 bits per heavy atom. The minimum absolute atomic E-state index is 0.0372. The fourth-order valence-corrected chi connectivity index (χ4v) is 7.35. The van der Waals surface area contributed by atoms with E-state index in [1.54, 1.807) is 6.08 Å². The molecular weight excluding hydrogens is 363 g/mol. The number of hydrogen-bond donors (Lipinski definition) is 0. The van der Waals surface area contributed by atoms with Gasteiger partial charge in [-0.2, -0.15) is 0 Å². The Bertz CT molecular complexity index is 644. The zero-order chi connectivity index (χ0) is 19.2. The molecule has 2 nitrogen and oxygen atoms in total. The van der Waals surface area contributed by atoms with Crippen molar-refractivity contribution in [2.24, 2.45) is 35.0 Å². The molecule has 4 aliphatic rings. The second kappa shape index (κ2) is 7.61. The standard InChI is InChI=1S/C23H32ClFO2/c1-23-9-8-17-21(18(23)6-7-20(23)27)14(5-3-2-4-10-24)11-15-12-16(26)13-19(25)22(15)17/h12,14,17-19,21-22H,2-11,13H2,1H3/t14-,17+,18+,19-,21-,22+,23+/m1/s1. The number of fused-ring (bicyclic) bond motifs is 5. The molecule has 0 saturated heterocycles. The molecule has 4 aliphatic carbocycles. The van der Waals surface area contributed by atoms with Crippen LogP contribution in [0.3, 0.4) is 0 Å². The third-order valence-corrected chi connectivity index (χ3v) is 8.63. The summed E-state index contributed by atoms with van der Waals surface area (Å²) in [5.41, 5.74) is 0.892. The summed E-state index contributed by atoms with van der Waals surface area (Å²) in [5.74, 6) is 2.68. The number of halogens is 2. The highest BCUT2D eigenvalue weighted by atomic mass is 35.5. The molecule has 0 amide bonds. The SMILES string of the molecule is C[C@]12CC[C@@H]3[C@@H]4C(=CC(=O)C[C@H]4F)C[C@@H](CCCCCCl)[C@H]3[C@@H]1CCC2=O. The van der Waals surface area contributed by atoms with E-state index < -0.39 is 6.17 Å². The van der Waals surface area contributed by atoms with Crippen LogP contribution in [0.1, 0.15) is 71.1 Å². The smallest absolute Gasteiger partial charge is 0.158 e. The number of allylic oxidation sites excluding steroid dienone is 1. The van der Waals surface area contributed by atoms with Crippen LogP contribution in [0.15, 0.2) is 11.6 Å². The lowest BCUT2D eigenvalue weighted by atomic mass is 9.49. The quantitative estimate of drug-likeness (QED) is 0.444. The van der Waals surface area contributed by atoms with Crippen molar-refractivity contribution in [1.29, 1.82) is 0 Å². The van der Waals surface area contributed by atoms with E-state index in [9.17, 15) is 14.0 Å². The lowest BCUT2D eigenvalue weighted by molar-refractivity contribution is -0.133. The molecule has 150 valence electrons. The summed E-state index contributed by atoms with van der Waals surface area (Å²) in [4.78, 5) is 24.7. The fraction of sp³-hybridized carbons (Fsp3) is 0.826. The first-order valence-corrected chi connectivity index (χ1v) is 11.5. The molecule has 0 unspecified atom stereocenters. The molecule has 0 spiro atoms. The van der Waals surface area contributed by atoms with Gasteiger partial charge in [0.15, 0.2) is 5.78 Å². The number of rotatable bonds is 5. The monoisotopic (exact) mass is 394 g/mol. The molecule has 0 radical (unpaired) electrons. The second-order valence-electron chi connectivity index (χ2n) is 9.70. The molecular formula is C23H32ClFO2. The van der Waals surface area contributed by atoms with Crippen LogP contribution in [0.25, 0.3) is 0 Å². The van der Waals surface area contributed by atoms with Crippen LogP contribution in [0.5, 0.6) is 0 Å². The highest BCUT2D eigenvalue weighted by Crippen LogP contribution is 2.63. The molecule has 3 fully saturated rings. The second-order valence-corrected chi connectivity index (χ2v) is 10.1. The zero-order valence-electron chi connectivity index (χ0n) is 16.4. The van der Waals surface area contributed by atoms with Crippen molar-refractivity contribution in [3.8, 4) is 0 Å². The van der Waals surface area contributed by atoms with Gasteiger partial charge in [-0.25, -0.2) is 4.39 Å². The third kappa shape index (κ3) is 3.32. The van der Waals surface area contributed by atoms with Gasteiger partial charge in [0.25, 0.3) is 0 Å². The number of carbonyl (C=O) groups excluding carboxylic acids is 2. The van der Waals surface area contributed by atoms with Crippen molar-refractivity contribution in [2.45, 2.75) is 77.3 Å². The van der Waals surface area contributed by atoms with Gasteiger partial charge in [0.1, 0.15) is 12.0 Å². The minimum Gasteiger partial charge on any atom is -0.299 e. The van der Waals surface area contributed by atoms with E-state index in [0.29, 0.717) is 41.8 Å². The largest absolute Gasteiger partial charge is 0.299 e. The van der Waals surface area contributed by atoms with Gasteiger partial charge in [0.2, 0.25) is 0 Å². The average molecular weight is 395 g/mol. The van der Waals surface area contributed by atoms with Crippen molar-refractivity contribution in [1.82, 2.24) is 0 Å². The predicted molar refractivity (Wildman–Crippen MR) is 105 cm³/mol. The molecule has 7 atom stereocenters. The van der Waals surface area contributed by atoms with E-state index in [1.165, 1.54) is 0 Å². The van der Waals surface area contributed by atoms with Gasteiger partial charge in [0.05, 0.1) is 0 Å². The van der Waals surface area contributed by atoms with Crippen molar-refractivity contribution in [3.63, 3.8) is 0 Å². The van der Waals surface area contributed by atoms with Gasteiger partial charge in [-0.1, -0.05) is 25.3 Å². The Morgan fingerprint density at radius 1 is 1.19 bits per heavy atom. The summed E-state index contributed by atoms with van der Waals surface area (Å²) >= 11 is 5.84. The van der Waals surface area contributed by atoms with Crippen LogP contribution in [0.2, 0.25) is 0 Å². The average Bonchev–Trinajstić information content (AvgIpc) is 2.93. The number of Topliss-reactive ketones (excluding diaryl/α,β-unsaturated/α-hetero) is 1. The first-order chi connectivity index (χ1) is 13.0. The van der Waals surface area contributed by atoms with Gasteiger partial charge in [-0.3, -0.25) is 9.59 Å². The van der Waals surface area contributed by atoms with Crippen molar-refractivity contribution < 1.29 is 14.0 Å². The topological polar surface area (TPSA) is 34.1 Å². The highest BCUT2D eigenvalue weighted by Gasteiger charge is 2.59. The summed E-state index contributed by atoms with van der Waals surface area (Å²) < 4.78 is 15.0. The summed E-state index contributed by atoms with van der Waals surface area (Å²) in [7, 11) is 0. The number of alkyl halides is 2. The van der Waals surface area contributed by atoms with Crippen molar-refractivity contribution >= 4 is 23.2 Å². The van der Waals surface area contributed by atoms with Gasteiger partial charge < -0.3 is 0 Å². The molecule has 3 saturated carbocycles. The summed E-state index contributed by atoms with van der Waals surface area (Å²) in [5, 5.41) is 0. The maximum absolute atomic E-state index is 15.0. The van der Waals surface area contributed by atoms with Crippen LogP contribution < -0.4 is 0 Å². The molecule has 4 heteroatoms. The lowest BCUT2D eigenvalue weighted by Crippen LogP contribution is -2.52. The molecule has 0 N–H and O–H groups in total. The highest BCUT2D eigenvalue weighted by molar-refractivity contribution is 6.17. The first-order valence-electron chi connectivity index (χ1n) is 10.9. The number of unbranched alkanes of at least 4 members (excludes halogenated alkanes) is 2. The Kier molecular flexibility index (Phi) is 5.53. The summed E-state index contributed by atoms with van der Waals surface area (Å²) in [6.07, 6.45) is 9.63. The van der Waals surface area contributed by atoms with Crippen LogP contribution in [-0.4, -0.2) is 23.6 Å². The third-order valence-electron chi connectivity index (χ3n) is 8.37. The Hall–Kier alpha value is -0.700. The zero-order valence-corrected chi connectivity index (χ0v) is 17.1. The van der Waals surface area contributed by atoms with Gasteiger partial charge in [-0.05, 0) is 68.3 Å². The molecule has 0 aliphatic heterocycles. The number of ketones is 2. The van der Waals surface area contributed by atoms with E-state index in [-0.39, 0.29) is 23.5 Å². The van der Waals surface area contributed by atoms with E-state index in [4.69, 9.17) is 11.6 Å². The van der Waals surface area contributed by atoms with Gasteiger partial charge in [0, 0.05) is 30.1 Å². The van der Waals surface area contributed by atoms with Crippen LogP contribution >= 0.6 is 11.6 Å². The molecule has 4 rings (SSSR count). The van der Waals surface area contributed by atoms with Gasteiger partial charge in [-0.15, -0.1) is 11.6 Å². The summed E-state index contributed by atoms with van der Waals surface area (Å²) in [6.45, 7) is 2.18. The Labute approximate surface area is 167 Å². The van der Waals surface area contributed by atoms with Crippen molar-refractivity contribution in [2.75, 3.05) is 5.88 Å². The van der Waals surface area contributed by atoms with Gasteiger partial charge >= 0.3 is 0 Å². The maximum atomic E-state index is 15.0. The Balaban J connectivity index is 1.63. The van der Waals surface area contributed by atoms with Crippen LogP contribution in [-0.2, 0) is 9.59 Å². The molecule has 0 heterocycles. The normalized spacial score (nSPS) is 43.7. The molecule has 0 aromatic heterocycles. The molecule has 0 aromatic carbocycles. The van der Waals surface area contributed by atoms with E-state index in [2.05, 4.69) is 6.92 Å². The minimum atomic E-state index is -1.02. The Morgan fingerprint density at radius 3 is 2.78 bits per heavy atom. The number of carbonyl (C=O) groups is 2. The molecule has 0 aromatic rings. The number of hydrogen-bond acceptors (Lipinski definition) is 2. The maximum Gasteiger partial charge on any atom is 0.158 e. The molecule has 27 heavy (non-hydrogen) atoms. The lowest BCUT2D eigenvalue weighted by Gasteiger charge is -2.55. The predicted octanol–water partition coefficient (Wildman–Crippen LogP) is 5.67. The fourth-order valence-electron chi connectivity index (χ4n) is 7.16. The van der Waals surface area contributed by atoms with Crippen LogP contribution in [0, 0.1) is 35.0 Å². The molecule has 0 bridgehead atoms. The van der Waals surface area contributed by atoms with E-state index in [1.807, 2.05) is 0 Å². The van der Waals surface area contributed by atoms with Crippen molar-refractivity contribution in [3.05, 3.63) is 11.6 Å². The van der Waals surface area contributed by atoms with E-state index >= 15 is 0 Å². The van der Waals surface area contributed by atoms with E-state index in [0.717, 1.165) is 56.9 Å². The van der Waals surface area contributed by atoms with Crippen LogP contribution in [0.4, 0.5) is 4.39 Å². The first kappa shape index (κ1) is 19.6. The summed E-state index contributed by atoms with van der Waals surface area (Å²) in [6, 6.07) is 0.